The summed E-state index contributed by atoms with van der Waals surface area (Å²) >= 11 is 0. The summed E-state index contributed by atoms with van der Waals surface area (Å²) in [6.45, 7) is 24.6. The Balaban J connectivity index is 2.28. The predicted molar refractivity (Wildman–Crippen MR) is 150 cm³/mol. The molecular weight excluding hydrogens is 509 g/mol. The van der Waals surface area contributed by atoms with Crippen molar-refractivity contribution in [2.45, 2.75) is 102 Å². The molecule has 0 radical (unpaired) electrons. The molecule has 0 saturated heterocycles. The number of hydrogen-bond donors (Lipinski definition) is 0. The monoisotopic (exact) mass is 554 g/mol. The predicted octanol–water partition coefficient (Wildman–Crippen LogP) is 5.87. The average Bonchev–Trinajstić information content (AvgIpc) is 3.22. The Labute approximate surface area is 220 Å². The van der Waals surface area contributed by atoms with Gasteiger partial charge in [0.25, 0.3) is 5.16 Å². The van der Waals surface area contributed by atoms with Gasteiger partial charge in [0.15, 0.2) is 16.6 Å². The van der Waals surface area contributed by atoms with Gasteiger partial charge >= 0.3 is 0 Å². The largest absolute Gasteiger partial charge is 0.417 e. The lowest BCUT2D eigenvalue weighted by Gasteiger charge is -2.41. The zero-order chi connectivity index (χ0) is 27.6. The van der Waals surface area contributed by atoms with Crippen molar-refractivity contribution in [3.63, 3.8) is 0 Å². The molecule has 0 amide bonds. The number of hydrogen-bond acceptors (Lipinski definition) is 7. The van der Waals surface area contributed by atoms with Crippen LogP contribution in [0.3, 0.4) is 0 Å². The molecule has 0 fully saturated rings. The van der Waals surface area contributed by atoms with Crippen LogP contribution in [0, 0.1) is 5.92 Å². The number of sulfone groups is 1. The zero-order valence-corrected chi connectivity index (χ0v) is 26.8. The van der Waals surface area contributed by atoms with E-state index >= 15 is 0 Å². The second-order valence-electron chi connectivity index (χ2n) is 12.8. The summed E-state index contributed by atoms with van der Waals surface area (Å²) < 4.78 is 41.5. The number of tetrazole rings is 1. The second-order valence-corrected chi connectivity index (χ2v) is 24.3. The SMILES string of the molecule is C[C@H](CS(=O)(=O)c1nnnn1-c1ccccc1)[C@H](CCO[Si](C)(C)C(C)(C)C)O[Si](C)(C)C(C)(C)C. The summed E-state index contributed by atoms with van der Waals surface area (Å²) in [5.74, 6) is -0.382. The highest BCUT2D eigenvalue weighted by Gasteiger charge is 2.42. The van der Waals surface area contributed by atoms with Crippen LogP contribution in [0.2, 0.25) is 36.3 Å². The van der Waals surface area contributed by atoms with Crippen molar-refractivity contribution < 1.29 is 17.3 Å². The highest BCUT2D eigenvalue weighted by Crippen LogP contribution is 2.40. The van der Waals surface area contributed by atoms with Gasteiger partial charge in [-0.2, -0.15) is 4.68 Å². The third-order valence-electron chi connectivity index (χ3n) is 7.76. The molecule has 2 rings (SSSR count). The van der Waals surface area contributed by atoms with Gasteiger partial charge in [-0.25, -0.2) is 8.42 Å². The van der Waals surface area contributed by atoms with Crippen molar-refractivity contribution >= 4 is 26.5 Å². The van der Waals surface area contributed by atoms with Crippen molar-refractivity contribution in [1.29, 1.82) is 0 Å². The Morgan fingerprint density at radius 3 is 2.03 bits per heavy atom. The Bertz CT molecular complexity index is 1090. The Morgan fingerprint density at radius 1 is 0.944 bits per heavy atom. The number of rotatable bonds is 11. The Hall–Kier alpha value is -1.41. The van der Waals surface area contributed by atoms with Crippen LogP contribution in [0.25, 0.3) is 5.69 Å². The molecule has 0 aliphatic heterocycles. The van der Waals surface area contributed by atoms with Gasteiger partial charge in [0.05, 0.1) is 17.5 Å². The maximum Gasteiger partial charge on any atom is 0.272 e. The molecule has 8 nitrogen and oxygen atoms in total. The van der Waals surface area contributed by atoms with E-state index < -0.39 is 26.5 Å². The van der Waals surface area contributed by atoms with Crippen LogP contribution in [-0.4, -0.2) is 63.7 Å². The lowest BCUT2D eigenvalue weighted by molar-refractivity contribution is 0.104. The third-order valence-corrected chi connectivity index (χ3v) is 18.6. The fraction of sp³-hybridized carbons (Fsp3) is 0.720. The molecule has 2 atom stereocenters. The molecule has 2 aromatic rings. The van der Waals surface area contributed by atoms with E-state index in [0.29, 0.717) is 18.7 Å². The molecule has 11 heteroatoms. The zero-order valence-electron chi connectivity index (χ0n) is 24.0. The van der Waals surface area contributed by atoms with Gasteiger partial charge in [0, 0.05) is 6.61 Å². The van der Waals surface area contributed by atoms with E-state index in [-0.39, 0.29) is 33.0 Å². The van der Waals surface area contributed by atoms with Crippen LogP contribution in [0.5, 0.6) is 0 Å². The molecule has 1 aromatic carbocycles. The van der Waals surface area contributed by atoms with Crippen molar-refractivity contribution in [2.24, 2.45) is 5.92 Å². The Morgan fingerprint density at radius 2 is 1.50 bits per heavy atom. The van der Waals surface area contributed by atoms with E-state index in [1.54, 1.807) is 12.1 Å². The number of benzene rings is 1. The average molecular weight is 555 g/mol. The van der Waals surface area contributed by atoms with E-state index in [0.717, 1.165) is 0 Å². The molecule has 36 heavy (non-hydrogen) atoms. The molecule has 0 spiro atoms. The van der Waals surface area contributed by atoms with Gasteiger partial charge in [-0.15, -0.1) is 0 Å². The van der Waals surface area contributed by atoms with E-state index in [9.17, 15) is 8.42 Å². The number of para-hydroxylation sites is 1. The van der Waals surface area contributed by atoms with Crippen molar-refractivity contribution in [2.75, 3.05) is 12.4 Å². The first-order valence-corrected chi connectivity index (χ1v) is 20.1. The molecule has 0 unspecified atom stereocenters. The second kappa shape index (κ2) is 11.1. The fourth-order valence-corrected chi connectivity index (χ4v) is 7.44. The minimum atomic E-state index is -3.78. The van der Waals surface area contributed by atoms with Gasteiger partial charge in [0.2, 0.25) is 9.84 Å². The first kappa shape index (κ1) is 30.8. The first-order chi connectivity index (χ1) is 16.3. The summed E-state index contributed by atoms with van der Waals surface area (Å²) in [7, 11) is -7.86. The Kier molecular flexibility index (Phi) is 9.54. The summed E-state index contributed by atoms with van der Waals surface area (Å²) in [4.78, 5) is 0. The van der Waals surface area contributed by atoms with Crippen LogP contribution >= 0.6 is 0 Å². The van der Waals surface area contributed by atoms with E-state index in [4.69, 9.17) is 8.85 Å². The number of nitrogens with zero attached hydrogens (tertiary/aromatic N) is 4. The fourth-order valence-electron chi connectivity index (χ4n) is 3.29. The van der Waals surface area contributed by atoms with Crippen LogP contribution in [0.1, 0.15) is 54.9 Å². The van der Waals surface area contributed by atoms with Gasteiger partial charge in [0.1, 0.15) is 0 Å². The molecule has 1 aromatic heterocycles. The lowest BCUT2D eigenvalue weighted by atomic mass is 10.1. The van der Waals surface area contributed by atoms with Gasteiger partial charge in [-0.3, -0.25) is 0 Å². The molecule has 0 saturated carbocycles. The van der Waals surface area contributed by atoms with Crippen LogP contribution < -0.4 is 0 Å². The minimum Gasteiger partial charge on any atom is -0.417 e. The molecule has 0 aliphatic rings. The molecule has 0 aliphatic carbocycles. The highest BCUT2D eigenvalue weighted by molar-refractivity contribution is 7.91. The third kappa shape index (κ3) is 7.56. The number of aromatic nitrogens is 4. The molecule has 1 heterocycles. The standard InChI is InChI=1S/C25H46N4O4SSi2/c1-20(19-34(30,31)23-26-27-28-29(23)21-15-13-12-14-16-21)22(33-36(10,11)25(5,6)7)17-18-32-35(8,9)24(2,3)4/h12-16,20,22H,17-19H2,1-11H3/t20-,22+/m1/s1. The summed E-state index contributed by atoms with van der Waals surface area (Å²) in [6, 6.07) is 9.06. The van der Waals surface area contributed by atoms with E-state index in [2.05, 4.69) is 83.3 Å². The van der Waals surface area contributed by atoms with Crippen LogP contribution in [0.4, 0.5) is 0 Å². The lowest BCUT2D eigenvalue weighted by Crippen LogP contribution is -2.47. The molecule has 204 valence electrons. The quantitative estimate of drug-likeness (QED) is 0.320. The molecule has 0 bridgehead atoms. The smallest absolute Gasteiger partial charge is 0.272 e. The van der Waals surface area contributed by atoms with Crippen LogP contribution in [-0.2, 0) is 18.7 Å². The topological polar surface area (TPSA) is 96.2 Å². The molecule has 0 N–H and O–H groups in total. The van der Waals surface area contributed by atoms with Crippen molar-refractivity contribution in [1.82, 2.24) is 20.2 Å². The van der Waals surface area contributed by atoms with Gasteiger partial charge < -0.3 is 8.85 Å². The van der Waals surface area contributed by atoms with Crippen LogP contribution in [0.15, 0.2) is 35.5 Å². The maximum atomic E-state index is 13.5. The van der Waals surface area contributed by atoms with Crippen molar-refractivity contribution in [3.05, 3.63) is 30.3 Å². The molecular formula is C25H46N4O4SSi2. The first-order valence-electron chi connectivity index (χ1n) is 12.7. The van der Waals surface area contributed by atoms with E-state index in [1.807, 2.05) is 25.1 Å². The summed E-state index contributed by atoms with van der Waals surface area (Å²) in [5, 5.41) is 11.4. The van der Waals surface area contributed by atoms with Gasteiger partial charge in [-0.05, 0) is 71.2 Å². The highest BCUT2D eigenvalue weighted by atomic mass is 32.2. The van der Waals surface area contributed by atoms with E-state index in [1.165, 1.54) is 4.68 Å². The van der Waals surface area contributed by atoms with Crippen molar-refractivity contribution in [3.8, 4) is 5.69 Å². The maximum absolute atomic E-state index is 13.5. The van der Waals surface area contributed by atoms with Gasteiger partial charge in [-0.1, -0.05) is 71.8 Å². The normalized spacial score (nSPS) is 15.6. The summed E-state index contributed by atoms with van der Waals surface area (Å²) in [5.41, 5.74) is 0.602. The minimum absolute atomic E-state index is 0.00152. The summed E-state index contributed by atoms with van der Waals surface area (Å²) in [6.07, 6.45) is 0.380.